The molecule has 2 amide bonds. The molecule has 3 aliphatic heterocycles. The van der Waals surface area contributed by atoms with E-state index in [1.807, 2.05) is 24.3 Å². The summed E-state index contributed by atoms with van der Waals surface area (Å²) < 4.78 is 66.2. The van der Waals surface area contributed by atoms with Crippen molar-refractivity contribution in [1.29, 1.82) is 0 Å². The number of carbonyl (C=O) groups excluding carboxylic acids is 3. The fourth-order valence-corrected chi connectivity index (χ4v) is 8.79. The predicted octanol–water partition coefficient (Wildman–Crippen LogP) is 7.29. The van der Waals surface area contributed by atoms with Crippen molar-refractivity contribution < 1.29 is 36.7 Å². The normalized spacial score (nSPS) is 21.6. The van der Waals surface area contributed by atoms with Crippen molar-refractivity contribution in [2.75, 3.05) is 50.1 Å². The second-order valence-corrected chi connectivity index (χ2v) is 15.9. The van der Waals surface area contributed by atoms with Crippen molar-refractivity contribution in [3.8, 4) is 0 Å². The summed E-state index contributed by atoms with van der Waals surface area (Å²) in [6.45, 7) is 2.31. The number of imide groups is 1. The largest absolute Gasteiger partial charge is 0.501 e. The molecule has 2 unspecified atom stereocenters. The number of nitrogens with one attached hydrogen (secondary N) is 2. The van der Waals surface area contributed by atoms with Crippen LogP contribution in [0.5, 0.6) is 0 Å². The smallest absolute Gasteiger partial charge is 0.418 e. The molecule has 58 heavy (non-hydrogen) atoms. The Bertz CT molecular complexity index is 2240. The van der Waals surface area contributed by atoms with E-state index in [2.05, 4.69) is 15.5 Å². The van der Waals surface area contributed by atoms with E-state index in [1.54, 1.807) is 37.4 Å². The molecule has 2 aromatic carbocycles. The summed E-state index contributed by atoms with van der Waals surface area (Å²) in [5.41, 5.74) is 1.26. The average Bonchev–Trinajstić information content (AvgIpc) is 3.52. The van der Waals surface area contributed by atoms with Crippen molar-refractivity contribution in [3.63, 3.8) is 0 Å². The first-order chi connectivity index (χ1) is 27.8. The number of hydrogen-bond acceptors (Lipinski definition) is 8. The van der Waals surface area contributed by atoms with E-state index in [0.717, 1.165) is 42.8 Å². The van der Waals surface area contributed by atoms with E-state index < -0.39 is 29.6 Å². The maximum absolute atomic E-state index is 16.1. The maximum atomic E-state index is 16.1. The molecule has 14 heteroatoms. The molecule has 0 saturated carbocycles. The Balaban J connectivity index is 0.948. The average molecular weight is 804 g/mol. The molecule has 10 nitrogen and oxygen atoms in total. The first-order valence-electron chi connectivity index (χ1n) is 20.0. The van der Waals surface area contributed by atoms with Crippen molar-refractivity contribution in [2.45, 2.75) is 70.0 Å². The van der Waals surface area contributed by atoms with Crippen molar-refractivity contribution >= 4 is 45.3 Å². The van der Waals surface area contributed by atoms with Crippen molar-refractivity contribution in [3.05, 3.63) is 99.5 Å². The quantitative estimate of drug-likeness (QED) is 0.162. The van der Waals surface area contributed by atoms with Gasteiger partial charge in [0.05, 0.1) is 19.2 Å². The SMILES string of the molecule is COC1=CC(c2cn(C)c(=O)c3ccccc23)=CC(F)=C(CC2CCCN(CC(=O)C3CCN(c4ccc(NC5CCC(=O)NC5=O)cc4C(F)(F)F)CC3)CC2)C1. The third-order valence-corrected chi connectivity index (χ3v) is 12.0. The number of likely N-dealkylation sites (tertiary alicyclic amines) is 1. The standard InChI is InChI=1S/C44H49F4N5O5/c1-51-25-35(33-7-3-4-8-34(33)43(51)57)29-21-32(58-2)22-30(37(45)23-29)20-27-6-5-16-52(17-13-27)26-40(54)28-14-18-53(19-15-28)39-11-9-31(24-36(39)44(46,47)48)49-38-10-12-41(55)50-42(38)56/h3-4,7-9,11,21,23-25,27-28,38,49H,5-6,10,12-20,22,26H2,1-2H3,(H,50,55,56). The van der Waals surface area contributed by atoms with Gasteiger partial charge in [-0.3, -0.25) is 29.4 Å². The summed E-state index contributed by atoms with van der Waals surface area (Å²) in [4.78, 5) is 53.8. The monoisotopic (exact) mass is 803 g/mol. The number of alkyl halides is 3. The van der Waals surface area contributed by atoms with Crippen LogP contribution in [0.3, 0.4) is 0 Å². The van der Waals surface area contributed by atoms with Crippen LogP contribution in [-0.2, 0) is 32.3 Å². The van der Waals surface area contributed by atoms with Crippen molar-refractivity contribution in [1.82, 2.24) is 14.8 Å². The van der Waals surface area contributed by atoms with E-state index in [0.29, 0.717) is 67.6 Å². The number of hydrogen-bond donors (Lipinski definition) is 2. The van der Waals surface area contributed by atoms with E-state index >= 15 is 4.39 Å². The summed E-state index contributed by atoms with van der Waals surface area (Å²) in [5.74, 6) is -0.599. The highest BCUT2D eigenvalue weighted by Gasteiger charge is 2.37. The zero-order valence-electron chi connectivity index (χ0n) is 32.8. The van der Waals surface area contributed by atoms with Gasteiger partial charge in [-0.2, -0.15) is 13.2 Å². The lowest BCUT2D eigenvalue weighted by Gasteiger charge is -2.35. The van der Waals surface area contributed by atoms with Crippen LogP contribution in [0, 0.1) is 11.8 Å². The number of benzene rings is 2. The molecule has 0 spiro atoms. The Labute approximate surface area is 334 Å². The van der Waals surface area contributed by atoms with Gasteiger partial charge in [0.2, 0.25) is 11.8 Å². The number of nitrogens with zero attached hydrogens (tertiary/aromatic N) is 3. The fourth-order valence-electron chi connectivity index (χ4n) is 8.79. The number of piperidine rings is 2. The minimum Gasteiger partial charge on any atom is -0.501 e. The molecule has 2 atom stereocenters. The highest BCUT2D eigenvalue weighted by molar-refractivity contribution is 6.01. The maximum Gasteiger partial charge on any atom is 0.418 e. The van der Waals surface area contributed by atoms with Crippen LogP contribution in [-0.4, -0.2) is 72.9 Å². The van der Waals surface area contributed by atoms with Gasteiger partial charge in [0.15, 0.2) is 0 Å². The number of ketones is 1. The molecule has 2 N–H and O–H groups in total. The zero-order chi connectivity index (χ0) is 41.1. The predicted molar refractivity (Wildman–Crippen MR) is 215 cm³/mol. The number of Topliss-reactive ketones (excluding diaryl/α,β-unsaturated/α-hetero) is 1. The van der Waals surface area contributed by atoms with Gasteiger partial charge in [-0.25, -0.2) is 4.39 Å². The summed E-state index contributed by atoms with van der Waals surface area (Å²) in [6.07, 6.45) is 5.08. The number of carbonyl (C=O) groups is 3. The Kier molecular flexibility index (Phi) is 12.2. The Morgan fingerprint density at radius 2 is 1.71 bits per heavy atom. The van der Waals surface area contributed by atoms with Crippen LogP contribution in [0.25, 0.3) is 16.3 Å². The first kappa shape index (κ1) is 40.9. The number of anilines is 2. The molecule has 308 valence electrons. The lowest BCUT2D eigenvalue weighted by Crippen LogP contribution is -2.47. The number of aromatic nitrogens is 1. The number of allylic oxidation sites excluding steroid dienone is 5. The Hall–Kier alpha value is -5.24. The number of pyridine rings is 1. The van der Waals surface area contributed by atoms with E-state index in [9.17, 15) is 32.3 Å². The number of methoxy groups -OCH3 is 1. The van der Waals surface area contributed by atoms with Gasteiger partial charge in [-0.1, -0.05) is 18.2 Å². The van der Waals surface area contributed by atoms with Gasteiger partial charge in [0, 0.05) is 67.4 Å². The molecule has 0 bridgehead atoms. The highest BCUT2D eigenvalue weighted by atomic mass is 19.4. The van der Waals surface area contributed by atoms with Gasteiger partial charge >= 0.3 is 6.18 Å². The molecule has 7 rings (SSSR count). The van der Waals surface area contributed by atoms with Gasteiger partial charge in [0.25, 0.3) is 5.56 Å². The summed E-state index contributed by atoms with van der Waals surface area (Å²) in [5, 5.41) is 6.34. The van der Waals surface area contributed by atoms with Gasteiger partial charge in [-0.05, 0) is 117 Å². The van der Waals surface area contributed by atoms with Gasteiger partial charge in [0.1, 0.15) is 23.4 Å². The Morgan fingerprint density at radius 1 is 0.948 bits per heavy atom. The third kappa shape index (κ3) is 9.22. The van der Waals surface area contributed by atoms with E-state index in [-0.39, 0.29) is 59.8 Å². The molecule has 3 saturated heterocycles. The molecule has 1 aliphatic carbocycles. The molecule has 4 aliphatic rings. The highest BCUT2D eigenvalue weighted by Crippen LogP contribution is 2.40. The summed E-state index contributed by atoms with van der Waals surface area (Å²) in [6, 6.07) is 10.4. The summed E-state index contributed by atoms with van der Waals surface area (Å²) in [7, 11) is 3.27. The van der Waals surface area contributed by atoms with E-state index in [1.165, 1.54) is 16.7 Å². The number of rotatable bonds is 10. The van der Waals surface area contributed by atoms with Crippen LogP contribution in [0.2, 0.25) is 0 Å². The lowest BCUT2D eigenvalue weighted by atomic mass is 9.90. The first-order valence-corrected chi connectivity index (χ1v) is 20.0. The van der Waals surface area contributed by atoms with Crippen LogP contribution in [0.1, 0.15) is 68.9 Å². The number of aryl methyl sites for hydroxylation is 1. The molecule has 4 heterocycles. The van der Waals surface area contributed by atoms with Crippen molar-refractivity contribution in [2.24, 2.45) is 18.9 Å². The van der Waals surface area contributed by atoms with Crippen LogP contribution in [0.15, 0.2) is 82.8 Å². The van der Waals surface area contributed by atoms with Crippen LogP contribution >= 0.6 is 0 Å². The number of fused-ring (bicyclic) bond motifs is 1. The molecule has 3 fully saturated rings. The second-order valence-electron chi connectivity index (χ2n) is 15.9. The minimum absolute atomic E-state index is 0.0336. The third-order valence-electron chi connectivity index (χ3n) is 12.0. The molecule has 3 aromatic rings. The van der Waals surface area contributed by atoms with E-state index in [4.69, 9.17) is 4.74 Å². The number of halogens is 4. The second kappa shape index (κ2) is 17.3. The summed E-state index contributed by atoms with van der Waals surface area (Å²) >= 11 is 0. The molecule has 1 aromatic heterocycles. The minimum atomic E-state index is -4.64. The lowest BCUT2D eigenvalue weighted by molar-refractivity contribution is -0.137. The Morgan fingerprint density at radius 3 is 2.43 bits per heavy atom. The zero-order valence-corrected chi connectivity index (χ0v) is 32.8. The topological polar surface area (TPSA) is 113 Å². The van der Waals surface area contributed by atoms with Crippen LogP contribution in [0.4, 0.5) is 28.9 Å². The number of ether oxygens (including phenoxy) is 1. The van der Waals surface area contributed by atoms with Gasteiger partial charge < -0.3 is 19.5 Å². The molecule has 0 radical (unpaired) electrons. The van der Waals surface area contributed by atoms with Gasteiger partial charge in [-0.15, -0.1) is 0 Å². The molecular weight excluding hydrogens is 755 g/mol. The fraction of sp³-hybridized carbons (Fsp3) is 0.455. The molecular formula is C44H49F4N5O5. The van der Waals surface area contributed by atoms with Crippen LogP contribution < -0.4 is 21.1 Å². The number of amides is 2.